The third-order valence-corrected chi connectivity index (χ3v) is 5.69. The Morgan fingerprint density at radius 2 is 1.65 bits per heavy atom. The molecule has 2 aromatic rings. The van der Waals surface area contributed by atoms with Gasteiger partial charge in [-0.2, -0.15) is 0 Å². The van der Waals surface area contributed by atoms with Gasteiger partial charge in [-0.25, -0.2) is 0 Å². The molecule has 0 aliphatic carbocycles. The maximum absolute atomic E-state index is 9.48. The SMILES string of the molecule is C=C(C)C=O.C=C(C=O)CO.CCCCCc1ccc(-c2ccc(CC(CCOC)OC)cc2)c(Cl)c1. The van der Waals surface area contributed by atoms with Crippen molar-refractivity contribution in [1.29, 1.82) is 0 Å². The number of benzene rings is 2. The maximum Gasteiger partial charge on any atom is 0.147 e. The molecule has 0 aliphatic heterocycles. The molecule has 0 saturated carbocycles. The molecule has 0 spiro atoms. The van der Waals surface area contributed by atoms with Gasteiger partial charge in [-0.3, -0.25) is 9.59 Å². The standard InChI is InChI=1S/C23H31ClO2.C4H6O2.C4H6O/c1-4-5-6-7-18-10-13-22(23(24)17-18)20-11-8-19(9-12-20)16-21(26-3)14-15-25-2;1-4(2-5)3-6;1-4(2)3-5/h8-13,17,21H,4-7,14-16H2,1-3H3;2,6H,1,3H2;3H,1H2,2H3. The van der Waals surface area contributed by atoms with Gasteiger partial charge in [0.1, 0.15) is 12.6 Å². The second-order valence-corrected chi connectivity index (χ2v) is 9.12. The molecular weight excluding hydrogens is 488 g/mol. The molecule has 0 amide bonds. The first-order valence-corrected chi connectivity index (χ1v) is 12.9. The number of aryl methyl sites for hydroxylation is 1. The van der Waals surface area contributed by atoms with Gasteiger partial charge in [0.15, 0.2) is 0 Å². The Kier molecular flexibility index (Phi) is 20.0. The zero-order chi connectivity index (χ0) is 28.1. The van der Waals surface area contributed by atoms with Crippen LogP contribution in [-0.4, -0.2) is 51.2 Å². The van der Waals surface area contributed by atoms with Crippen molar-refractivity contribution in [3.63, 3.8) is 0 Å². The van der Waals surface area contributed by atoms with E-state index in [1.807, 2.05) is 0 Å². The molecule has 0 aromatic heterocycles. The van der Waals surface area contributed by atoms with Gasteiger partial charge in [-0.05, 0) is 60.9 Å². The van der Waals surface area contributed by atoms with Crippen molar-refractivity contribution in [3.8, 4) is 11.1 Å². The summed E-state index contributed by atoms with van der Waals surface area (Å²) in [6, 6.07) is 15.1. The Labute approximate surface area is 228 Å². The van der Waals surface area contributed by atoms with E-state index in [0.717, 1.165) is 48.3 Å². The van der Waals surface area contributed by atoms with Crippen LogP contribution < -0.4 is 0 Å². The summed E-state index contributed by atoms with van der Waals surface area (Å²) < 4.78 is 10.7. The molecule has 6 heteroatoms. The fraction of sp³-hybridized carbons (Fsp3) is 0.419. The van der Waals surface area contributed by atoms with Gasteiger partial charge in [-0.15, -0.1) is 0 Å². The molecule has 1 N–H and O–H groups in total. The van der Waals surface area contributed by atoms with E-state index in [-0.39, 0.29) is 18.3 Å². The molecule has 0 heterocycles. The van der Waals surface area contributed by atoms with Crippen LogP contribution in [0.25, 0.3) is 11.1 Å². The zero-order valence-corrected chi connectivity index (χ0v) is 23.6. The van der Waals surface area contributed by atoms with Crippen LogP contribution in [0.15, 0.2) is 66.8 Å². The van der Waals surface area contributed by atoms with Crippen molar-refractivity contribution in [1.82, 2.24) is 0 Å². The molecule has 37 heavy (non-hydrogen) atoms. The number of carbonyl (C=O) groups is 2. The normalized spacial score (nSPS) is 10.8. The van der Waals surface area contributed by atoms with Crippen LogP contribution in [0.1, 0.15) is 50.7 Å². The number of unbranched alkanes of at least 4 members (excludes halogenated alkanes) is 2. The first-order valence-electron chi connectivity index (χ1n) is 12.5. The van der Waals surface area contributed by atoms with Crippen molar-refractivity contribution in [2.45, 2.75) is 58.5 Å². The Hall–Kier alpha value is -2.57. The van der Waals surface area contributed by atoms with Gasteiger partial charge in [0.05, 0.1) is 12.7 Å². The number of methoxy groups -OCH3 is 2. The number of aldehydes is 2. The fourth-order valence-corrected chi connectivity index (χ4v) is 3.51. The Morgan fingerprint density at radius 1 is 1.03 bits per heavy atom. The molecule has 204 valence electrons. The molecular formula is C31H43ClO5. The number of hydrogen-bond donors (Lipinski definition) is 1. The second-order valence-electron chi connectivity index (χ2n) is 8.71. The quantitative estimate of drug-likeness (QED) is 0.165. The summed E-state index contributed by atoms with van der Waals surface area (Å²) in [6.07, 6.45) is 8.08. The van der Waals surface area contributed by atoms with Crippen LogP contribution in [0, 0.1) is 0 Å². The van der Waals surface area contributed by atoms with E-state index in [9.17, 15) is 9.59 Å². The minimum atomic E-state index is -0.233. The highest BCUT2D eigenvalue weighted by molar-refractivity contribution is 6.33. The van der Waals surface area contributed by atoms with Crippen molar-refractivity contribution in [2.24, 2.45) is 0 Å². The second kappa shape index (κ2) is 21.5. The summed E-state index contributed by atoms with van der Waals surface area (Å²) in [5.74, 6) is 0. The minimum absolute atomic E-state index is 0.187. The smallest absolute Gasteiger partial charge is 0.147 e. The van der Waals surface area contributed by atoms with E-state index in [1.54, 1.807) is 21.1 Å². The van der Waals surface area contributed by atoms with Gasteiger partial charge >= 0.3 is 0 Å². The number of allylic oxidation sites excluding steroid dienone is 1. The topological polar surface area (TPSA) is 72.8 Å². The summed E-state index contributed by atoms with van der Waals surface area (Å²) >= 11 is 6.55. The summed E-state index contributed by atoms with van der Waals surface area (Å²) in [4.78, 5) is 18.9. The highest BCUT2D eigenvalue weighted by Crippen LogP contribution is 2.29. The molecule has 0 fully saturated rings. The highest BCUT2D eigenvalue weighted by Gasteiger charge is 2.10. The number of carbonyl (C=O) groups excluding carboxylic acids is 2. The number of aliphatic hydroxyl groups is 1. The molecule has 0 radical (unpaired) electrons. The predicted molar refractivity (Wildman–Crippen MR) is 154 cm³/mol. The van der Waals surface area contributed by atoms with Crippen LogP contribution in [0.3, 0.4) is 0 Å². The largest absolute Gasteiger partial charge is 0.392 e. The van der Waals surface area contributed by atoms with E-state index in [1.165, 1.54) is 30.4 Å². The third-order valence-electron chi connectivity index (χ3n) is 5.38. The van der Waals surface area contributed by atoms with Gasteiger partial charge in [0, 0.05) is 37.0 Å². The molecule has 0 bridgehead atoms. The average Bonchev–Trinajstić information content (AvgIpc) is 2.92. The number of rotatable bonds is 14. The van der Waals surface area contributed by atoms with Gasteiger partial charge < -0.3 is 14.6 Å². The highest BCUT2D eigenvalue weighted by atomic mass is 35.5. The Morgan fingerprint density at radius 3 is 2.08 bits per heavy atom. The van der Waals surface area contributed by atoms with E-state index >= 15 is 0 Å². The lowest BCUT2D eigenvalue weighted by molar-refractivity contribution is -0.105. The lowest BCUT2D eigenvalue weighted by Crippen LogP contribution is -2.16. The van der Waals surface area contributed by atoms with E-state index in [0.29, 0.717) is 11.9 Å². The van der Waals surface area contributed by atoms with Crippen LogP contribution in [0.5, 0.6) is 0 Å². The molecule has 2 rings (SSSR count). The van der Waals surface area contributed by atoms with E-state index < -0.39 is 0 Å². The van der Waals surface area contributed by atoms with Crippen molar-refractivity contribution in [3.05, 3.63) is 82.9 Å². The predicted octanol–water partition coefficient (Wildman–Crippen LogP) is 6.83. The third kappa shape index (κ3) is 16.0. The zero-order valence-electron chi connectivity index (χ0n) is 22.8. The maximum atomic E-state index is 9.48. The monoisotopic (exact) mass is 530 g/mol. The molecule has 0 aliphatic rings. The Bertz CT molecular complexity index is 937. The summed E-state index contributed by atoms with van der Waals surface area (Å²) in [5.41, 5.74) is 5.64. The van der Waals surface area contributed by atoms with Crippen molar-refractivity contribution < 1.29 is 24.2 Å². The van der Waals surface area contributed by atoms with E-state index in [2.05, 4.69) is 62.5 Å². The molecule has 1 atom stereocenters. The van der Waals surface area contributed by atoms with Crippen molar-refractivity contribution in [2.75, 3.05) is 27.4 Å². The van der Waals surface area contributed by atoms with Gasteiger partial charge in [0.2, 0.25) is 0 Å². The van der Waals surface area contributed by atoms with Crippen LogP contribution >= 0.6 is 11.6 Å². The van der Waals surface area contributed by atoms with Crippen LogP contribution in [0.4, 0.5) is 0 Å². The molecule has 0 saturated heterocycles. The lowest BCUT2D eigenvalue weighted by atomic mass is 9.98. The van der Waals surface area contributed by atoms with E-state index in [4.69, 9.17) is 26.2 Å². The molecule has 2 aromatic carbocycles. The number of aliphatic hydroxyl groups excluding tert-OH is 1. The minimum Gasteiger partial charge on any atom is -0.392 e. The Balaban J connectivity index is 0.000000987. The van der Waals surface area contributed by atoms with Gasteiger partial charge in [-0.1, -0.05) is 80.9 Å². The number of halogens is 1. The van der Waals surface area contributed by atoms with Crippen molar-refractivity contribution >= 4 is 24.2 Å². The number of hydrogen-bond acceptors (Lipinski definition) is 5. The average molecular weight is 531 g/mol. The molecule has 5 nitrogen and oxygen atoms in total. The summed E-state index contributed by atoms with van der Waals surface area (Å²) in [7, 11) is 3.48. The van der Waals surface area contributed by atoms with Crippen LogP contribution in [-0.2, 0) is 31.9 Å². The van der Waals surface area contributed by atoms with Crippen LogP contribution in [0.2, 0.25) is 5.02 Å². The molecule has 1 unspecified atom stereocenters. The summed E-state index contributed by atoms with van der Waals surface area (Å²) in [6.45, 7) is 10.9. The van der Waals surface area contributed by atoms with Gasteiger partial charge in [0.25, 0.3) is 0 Å². The fourth-order valence-electron chi connectivity index (χ4n) is 3.20. The number of ether oxygens (including phenoxy) is 2. The lowest BCUT2D eigenvalue weighted by Gasteiger charge is -2.15. The first kappa shape index (κ1) is 34.4. The summed E-state index contributed by atoms with van der Waals surface area (Å²) in [5, 5.41) is 8.84. The first-order chi connectivity index (χ1) is 17.8.